The van der Waals surface area contributed by atoms with Gasteiger partial charge in [0.1, 0.15) is 23.4 Å². The molecular formula is C27H37N3O6S. The summed E-state index contributed by atoms with van der Waals surface area (Å²) in [5, 5.41) is 25.4. The highest BCUT2D eigenvalue weighted by molar-refractivity contribution is 7.98. The van der Waals surface area contributed by atoms with Gasteiger partial charge in [-0.05, 0) is 62.5 Å². The number of aliphatic hydroxyl groups is 1. The Bertz CT molecular complexity index is 1030. The minimum atomic E-state index is -1.16. The molecule has 202 valence electrons. The van der Waals surface area contributed by atoms with E-state index in [0.717, 1.165) is 5.56 Å². The molecule has 0 spiro atoms. The van der Waals surface area contributed by atoms with Gasteiger partial charge in [-0.3, -0.25) is 9.59 Å². The number of amides is 3. The van der Waals surface area contributed by atoms with Gasteiger partial charge in [0.2, 0.25) is 11.8 Å². The number of ether oxygens (including phenoxy) is 1. The van der Waals surface area contributed by atoms with Crippen molar-refractivity contribution in [3.05, 3.63) is 65.7 Å². The molecule has 0 radical (unpaired) electrons. The maximum Gasteiger partial charge on any atom is 0.408 e. The molecule has 0 aliphatic heterocycles. The topological polar surface area (TPSA) is 128 Å². The Morgan fingerprint density at radius 1 is 1.08 bits per heavy atom. The van der Waals surface area contributed by atoms with Gasteiger partial charge in [0.15, 0.2) is 0 Å². The SMILES string of the molecule is CSCCC(NC(=O)OC(C)(C)C)C(=O)N(CCO)C(C(=O)NCc1ccccc1)c1cccc(O)c1. The fourth-order valence-corrected chi connectivity index (χ4v) is 4.14. The van der Waals surface area contributed by atoms with Crippen LogP contribution in [0.25, 0.3) is 0 Å². The van der Waals surface area contributed by atoms with Crippen molar-refractivity contribution in [2.75, 3.05) is 25.2 Å². The first-order chi connectivity index (χ1) is 17.6. The minimum Gasteiger partial charge on any atom is -0.508 e. The molecular weight excluding hydrogens is 494 g/mol. The van der Waals surface area contributed by atoms with Crippen LogP contribution in [0.3, 0.4) is 0 Å². The van der Waals surface area contributed by atoms with Crippen LogP contribution in [0.15, 0.2) is 54.6 Å². The van der Waals surface area contributed by atoms with Gasteiger partial charge >= 0.3 is 6.09 Å². The highest BCUT2D eigenvalue weighted by atomic mass is 32.2. The summed E-state index contributed by atoms with van der Waals surface area (Å²) >= 11 is 1.51. The fraction of sp³-hybridized carbons (Fsp3) is 0.444. The number of aromatic hydroxyl groups is 1. The number of hydrogen-bond acceptors (Lipinski definition) is 7. The van der Waals surface area contributed by atoms with Gasteiger partial charge in [-0.25, -0.2) is 4.79 Å². The van der Waals surface area contributed by atoms with Gasteiger partial charge < -0.3 is 30.5 Å². The first kappa shape index (κ1) is 30.0. The molecule has 0 saturated carbocycles. The van der Waals surface area contributed by atoms with Crippen molar-refractivity contribution in [2.24, 2.45) is 0 Å². The lowest BCUT2D eigenvalue weighted by molar-refractivity contribution is -0.143. The summed E-state index contributed by atoms with van der Waals surface area (Å²) in [6, 6.07) is 13.2. The molecule has 0 saturated heterocycles. The van der Waals surface area contributed by atoms with Crippen LogP contribution in [0, 0.1) is 0 Å². The number of hydrogen-bond donors (Lipinski definition) is 4. The number of phenolic OH excluding ortho intramolecular Hbond substituents is 1. The summed E-state index contributed by atoms with van der Waals surface area (Å²) in [5.74, 6) is -0.536. The Kier molecular flexibility index (Phi) is 11.7. The first-order valence-corrected chi connectivity index (χ1v) is 13.5. The zero-order chi connectivity index (χ0) is 27.4. The normalized spacial score (nSPS) is 12.8. The molecule has 0 aromatic heterocycles. The summed E-state index contributed by atoms with van der Waals surface area (Å²) in [6.45, 7) is 4.82. The molecule has 0 fully saturated rings. The van der Waals surface area contributed by atoms with E-state index in [9.17, 15) is 24.6 Å². The zero-order valence-corrected chi connectivity index (χ0v) is 22.6. The van der Waals surface area contributed by atoms with Crippen LogP contribution in [-0.2, 0) is 20.9 Å². The van der Waals surface area contributed by atoms with Crippen molar-refractivity contribution in [1.82, 2.24) is 15.5 Å². The van der Waals surface area contributed by atoms with Crippen LogP contribution in [0.2, 0.25) is 0 Å². The summed E-state index contributed by atoms with van der Waals surface area (Å²) in [6.07, 6.45) is 1.42. The van der Waals surface area contributed by atoms with Gasteiger partial charge in [-0.15, -0.1) is 0 Å². The van der Waals surface area contributed by atoms with Crippen LogP contribution in [0.5, 0.6) is 5.75 Å². The molecule has 37 heavy (non-hydrogen) atoms. The van der Waals surface area contributed by atoms with E-state index in [1.165, 1.54) is 28.8 Å². The van der Waals surface area contributed by atoms with Crippen molar-refractivity contribution in [1.29, 1.82) is 0 Å². The molecule has 10 heteroatoms. The molecule has 2 unspecified atom stereocenters. The predicted molar refractivity (Wildman–Crippen MR) is 144 cm³/mol. The number of nitrogens with one attached hydrogen (secondary N) is 2. The van der Waals surface area contributed by atoms with Crippen LogP contribution in [0.4, 0.5) is 4.79 Å². The van der Waals surface area contributed by atoms with Crippen molar-refractivity contribution >= 4 is 29.7 Å². The molecule has 0 aliphatic rings. The number of rotatable bonds is 12. The van der Waals surface area contributed by atoms with E-state index in [2.05, 4.69) is 10.6 Å². The zero-order valence-electron chi connectivity index (χ0n) is 21.8. The van der Waals surface area contributed by atoms with E-state index in [1.807, 2.05) is 36.6 Å². The van der Waals surface area contributed by atoms with Crippen molar-refractivity contribution in [3.63, 3.8) is 0 Å². The lowest BCUT2D eigenvalue weighted by Crippen LogP contribution is -2.53. The maximum absolute atomic E-state index is 13.8. The molecule has 0 heterocycles. The minimum absolute atomic E-state index is 0.0689. The quantitative estimate of drug-likeness (QED) is 0.331. The third-order valence-corrected chi connectivity index (χ3v) is 5.92. The van der Waals surface area contributed by atoms with Gasteiger partial charge in [0.05, 0.1) is 6.61 Å². The fourth-order valence-electron chi connectivity index (χ4n) is 3.67. The summed E-state index contributed by atoms with van der Waals surface area (Å²) in [5.41, 5.74) is 0.479. The van der Waals surface area contributed by atoms with Crippen LogP contribution in [-0.4, -0.2) is 69.8 Å². The standard InChI is InChI=1S/C27H37N3O6S/c1-27(2,3)36-26(35)29-22(13-16-37-4)25(34)30(14-15-31)23(20-11-8-12-21(32)17-20)24(33)28-18-19-9-6-5-7-10-19/h5-12,17,22-23,31-32H,13-16,18H2,1-4H3,(H,28,33)(H,29,35). The average molecular weight is 532 g/mol. The number of carbonyl (C=O) groups excluding carboxylic acids is 3. The Hall–Kier alpha value is -3.24. The lowest BCUT2D eigenvalue weighted by atomic mass is 10.0. The predicted octanol–water partition coefficient (Wildman–Crippen LogP) is 3.22. The van der Waals surface area contributed by atoms with E-state index >= 15 is 0 Å². The number of aliphatic hydroxyl groups excluding tert-OH is 1. The summed E-state index contributed by atoms with van der Waals surface area (Å²) < 4.78 is 5.34. The smallest absolute Gasteiger partial charge is 0.408 e. The van der Waals surface area contributed by atoms with E-state index in [1.54, 1.807) is 32.9 Å². The summed E-state index contributed by atoms with van der Waals surface area (Å²) in [4.78, 5) is 41.1. The van der Waals surface area contributed by atoms with E-state index in [-0.39, 0.29) is 18.8 Å². The van der Waals surface area contributed by atoms with Crippen molar-refractivity contribution in [2.45, 2.75) is 51.4 Å². The Labute approximate surface area is 222 Å². The molecule has 2 atom stereocenters. The third kappa shape index (κ3) is 9.97. The van der Waals surface area contributed by atoms with Gasteiger partial charge in [0.25, 0.3) is 0 Å². The number of nitrogens with zero attached hydrogens (tertiary/aromatic N) is 1. The number of carbonyl (C=O) groups is 3. The lowest BCUT2D eigenvalue weighted by Gasteiger charge is -2.34. The maximum atomic E-state index is 13.8. The number of phenols is 1. The Balaban J connectivity index is 2.40. The second kappa shape index (κ2) is 14.5. The second-order valence-corrected chi connectivity index (χ2v) is 10.4. The summed E-state index contributed by atoms with van der Waals surface area (Å²) in [7, 11) is 0. The van der Waals surface area contributed by atoms with Crippen molar-refractivity contribution in [3.8, 4) is 5.75 Å². The molecule has 9 nitrogen and oxygen atoms in total. The third-order valence-electron chi connectivity index (χ3n) is 5.28. The van der Waals surface area contributed by atoms with E-state index < -0.39 is 42.2 Å². The van der Waals surface area contributed by atoms with Gasteiger partial charge in [-0.2, -0.15) is 11.8 Å². The molecule has 0 aliphatic carbocycles. The van der Waals surface area contributed by atoms with Crippen molar-refractivity contribution < 1.29 is 29.3 Å². The van der Waals surface area contributed by atoms with Crippen LogP contribution in [0.1, 0.15) is 44.4 Å². The van der Waals surface area contributed by atoms with Gasteiger partial charge in [0, 0.05) is 13.1 Å². The first-order valence-electron chi connectivity index (χ1n) is 12.1. The Morgan fingerprint density at radius 2 is 1.78 bits per heavy atom. The average Bonchev–Trinajstić information content (AvgIpc) is 2.84. The number of thioether (sulfide) groups is 1. The number of alkyl carbamates (subject to hydrolysis) is 1. The molecule has 2 aromatic rings. The largest absolute Gasteiger partial charge is 0.508 e. The monoisotopic (exact) mass is 531 g/mol. The molecule has 0 bridgehead atoms. The van der Waals surface area contributed by atoms with Gasteiger partial charge in [-0.1, -0.05) is 42.5 Å². The number of benzene rings is 2. The Morgan fingerprint density at radius 3 is 2.38 bits per heavy atom. The van der Waals surface area contributed by atoms with E-state index in [0.29, 0.717) is 17.7 Å². The highest BCUT2D eigenvalue weighted by Gasteiger charge is 2.36. The van der Waals surface area contributed by atoms with E-state index in [4.69, 9.17) is 4.74 Å². The second-order valence-electron chi connectivity index (χ2n) is 9.44. The molecule has 2 aromatic carbocycles. The molecule has 2 rings (SSSR count). The molecule has 3 amide bonds. The molecule has 4 N–H and O–H groups in total. The highest BCUT2D eigenvalue weighted by Crippen LogP contribution is 2.26. The van der Waals surface area contributed by atoms with Crippen LogP contribution < -0.4 is 10.6 Å². The van der Waals surface area contributed by atoms with Crippen LogP contribution >= 0.6 is 11.8 Å².